The number of nitrogens with two attached hydrogens (primary N) is 1. The summed E-state index contributed by atoms with van der Waals surface area (Å²) < 4.78 is 0. The highest BCUT2D eigenvalue weighted by molar-refractivity contribution is 7.09. The van der Waals surface area contributed by atoms with Crippen molar-refractivity contribution in [1.82, 2.24) is 9.80 Å². The van der Waals surface area contributed by atoms with Gasteiger partial charge in [-0.05, 0) is 30.8 Å². The number of rotatable bonds is 4. The van der Waals surface area contributed by atoms with Crippen molar-refractivity contribution >= 4 is 17.2 Å². The Hall–Kier alpha value is -0.910. The predicted octanol–water partition coefficient (Wildman–Crippen LogP) is 1.13. The van der Waals surface area contributed by atoms with Gasteiger partial charge in [0.05, 0.1) is 13.1 Å². The molecule has 5 heteroatoms. The summed E-state index contributed by atoms with van der Waals surface area (Å²) in [6.07, 6.45) is 2.18. The molecule has 1 unspecified atom stereocenters. The minimum absolute atomic E-state index is 0.178. The van der Waals surface area contributed by atoms with Crippen LogP contribution < -0.4 is 5.73 Å². The molecule has 1 aliphatic heterocycles. The molecule has 0 aliphatic carbocycles. The first-order chi connectivity index (χ1) is 8.65. The molecular formula is C13H21N3OS. The smallest absolute Gasteiger partial charge is 0.236 e. The van der Waals surface area contributed by atoms with Gasteiger partial charge in [0.1, 0.15) is 0 Å². The van der Waals surface area contributed by atoms with Crippen molar-refractivity contribution in [3.63, 3.8) is 0 Å². The van der Waals surface area contributed by atoms with E-state index in [1.54, 1.807) is 16.2 Å². The molecule has 2 rings (SSSR count). The molecule has 2 N–H and O–H groups in total. The lowest BCUT2D eigenvalue weighted by molar-refractivity contribution is -0.131. The van der Waals surface area contributed by atoms with Crippen LogP contribution in [0.2, 0.25) is 0 Å². The maximum absolute atomic E-state index is 12.1. The van der Waals surface area contributed by atoms with Gasteiger partial charge in [0.15, 0.2) is 0 Å². The largest absolute Gasteiger partial charge is 0.340 e. The Morgan fingerprint density at radius 2 is 2.50 bits per heavy atom. The summed E-state index contributed by atoms with van der Waals surface area (Å²) in [5.41, 5.74) is 5.92. The SMILES string of the molecule is CN(Cc1cccs1)C(=O)CN1CCCC(N)C1. The fraction of sp³-hybridized carbons (Fsp3) is 0.615. The van der Waals surface area contributed by atoms with Gasteiger partial charge in [-0.15, -0.1) is 11.3 Å². The highest BCUT2D eigenvalue weighted by atomic mass is 32.1. The zero-order valence-electron chi connectivity index (χ0n) is 10.8. The first-order valence-electron chi connectivity index (χ1n) is 6.39. The van der Waals surface area contributed by atoms with Crippen molar-refractivity contribution in [3.8, 4) is 0 Å². The topological polar surface area (TPSA) is 49.6 Å². The number of carbonyl (C=O) groups is 1. The number of likely N-dealkylation sites (tertiary alicyclic amines) is 1. The number of hydrogen-bond donors (Lipinski definition) is 1. The lowest BCUT2D eigenvalue weighted by atomic mass is 10.1. The highest BCUT2D eigenvalue weighted by Crippen LogP contribution is 2.12. The lowest BCUT2D eigenvalue weighted by Gasteiger charge is -2.31. The number of nitrogens with zero attached hydrogens (tertiary/aromatic N) is 2. The number of likely N-dealkylation sites (N-methyl/N-ethyl adjacent to an activating group) is 1. The van der Waals surface area contributed by atoms with Gasteiger partial charge in [0.2, 0.25) is 5.91 Å². The van der Waals surface area contributed by atoms with Gasteiger partial charge in [-0.25, -0.2) is 0 Å². The Labute approximate surface area is 112 Å². The van der Waals surface area contributed by atoms with E-state index >= 15 is 0 Å². The van der Waals surface area contributed by atoms with Gasteiger partial charge in [0, 0.05) is 24.5 Å². The lowest BCUT2D eigenvalue weighted by Crippen LogP contribution is -2.47. The highest BCUT2D eigenvalue weighted by Gasteiger charge is 2.20. The van der Waals surface area contributed by atoms with Crippen molar-refractivity contribution in [2.24, 2.45) is 5.73 Å². The fourth-order valence-electron chi connectivity index (χ4n) is 2.27. The Morgan fingerprint density at radius 1 is 1.67 bits per heavy atom. The summed E-state index contributed by atoms with van der Waals surface area (Å²) in [5, 5.41) is 2.04. The molecule has 1 fully saturated rings. The van der Waals surface area contributed by atoms with Gasteiger partial charge in [-0.2, -0.15) is 0 Å². The fourth-order valence-corrected chi connectivity index (χ4v) is 3.03. The molecule has 4 nitrogen and oxygen atoms in total. The van der Waals surface area contributed by atoms with Crippen LogP contribution in [-0.2, 0) is 11.3 Å². The minimum atomic E-state index is 0.178. The number of amides is 1. The second kappa shape index (κ2) is 6.31. The Morgan fingerprint density at radius 3 is 3.17 bits per heavy atom. The van der Waals surface area contributed by atoms with Gasteiger partial charge in [0.25, 0.3) is 0 Å². The zero-order chi connectivity index (χ0) is 13.0. The number of piperidine rings is 1. The van der Waals surface area contributed by atoms with Crippen LogP contribution in [0.3, 0.4) is 0 Å². The maximum atomic E-state index is 12.1. The average Bonchev–Trinajstić information content (AvgIpc) is 2.81. The second-order valence-electron chi connectivity index (χ2n) is 4.97. The van der Waals surface area contributed by atoms with Crippen molar-refractivity contribution in [1.29, 1.82) is 0 Å². The van der Waals surface area contributed by atoms with E-state index in [0.29, 0.717) is 13.1 Å². The van der Waals surface area contributed by atoms with Crippen molar-refractivity contribution < 1.29 is 4.79 Å². The molecule has 1 saturated heterocycles. The molecule has 1 aliphatic rings. The standard InChI is InChI=1S/C13H21N3OS/c1-15(9-12-5-3-7-18-12)13(17)10-16-6-2-4-11(14)8-16/h3,5,7,11H,2,4,6,8-10,14H2,1H3. The summed E-state index contributed by atoms with van der Waals surface area (Å²) >= 11 is 1.69. The number of thiophene rings is 1. The van der Waals surface area contributed by atoms with E-state index in [0.717, 1.165) is 25.9 Å². The van der Waals surface area contributed by atoms with Gasteiger partial charge in [-0.1, -0.05) is 6.07 Å². The summed E-state index contributed by atoms with van der Waals surface area (Å²) in [4.78, 5) is 17.3. The van der Waals surface area contributed by atoms with Crippen LogP contribution in [0.25, 0.3) is 0 Å². The molecule has 18 heavy (non-hydrogen) atoms. The van der Waals surface area contributed by atoms with Crippen LogP contribution in [0.15, 0.2) is 17.5 Å². The van der Waals surface area contributed by atoms with E-state index < -0.39 is 0 Å². The second-order valence-corrected chi connectivity index (χ2v) is 6.00. The van der Waals surface area contributed by atoms with E-state index in [1.165, 1.54) is 4.88 Å². The third-order valence-electron chi connectivity index (χ3n) is 3.30. The average molecular weight is 267 g/mol. The van der Waals surface area contributed by atoms with E-state index in [9.17, 15) is 4.79 Å². The molecule has 100 valence electrons. The van der Waals surface area contributed by atoms with Crippen molar-refractivity contribution in [3.05, 3.63) is 22.4 Å². The molecule has 0 spiro atoms. The van der Waals surface area contributed by atoms with E-state index in [4.69, 9.17) is 5.73 Å². The summed E-state index contributed by atoms with van der Waals surface area (Å²) in [6.45, 7) is 3.04. The first-order valence-corrected chi connectivity index (χ1v) is 7.27. The normalized spacial score (nSPS) is 20.9. The van der Waals surface area contributed by atoms with E-state index in [2.05, 4.69) is 11.0 Å². The molecule has 1 aromatic heterocycles. The maximum Gasteiger partial charge on any atom is 0.236 e. The first kappa shape index (κ1) is 13.5. The molecule has 1 aromatic rings. The van der Waals surface area contributed by atoms with Crippen LogP contribution in [0.5, 0.6) is 0 Å². The molecule has 0 saturated carbocycles. The Balaban J connectivity index is 1.79. The predicted molar refractivity (Wildman–Crippen MR) is 74.4 cm³/mol. The van der Waals surface area contributed by atoms with Crippen LogP contribution in [-0.4, -0.2) is 48.4 Å². The van der Waals surface area contributed by atoms with Crippen molar-refractivity contribution in [2.75, 3.05) is 26.7 Å². The van der Waals surface area contributed by atoms with Crippen LogP contribution >= 0.6 is 11.3 Å². The minimum Gasteiger partial charge on any atom is -0.340 e. The molecule has 2 heterocycles. The summed E-state index contributed by atoms with van der Waals surface area (Å²) in [7, 11) is 1.87. The third kappa shape index (κ3) is 3.80. The molecule has 0 bridgehead atoms. The number of carbonyl (C=O) groups excluding carboxylic acids is 1. The van der Waals surface area contributed by atoms with Gasteiger partial charge < -0.3 is 10.6 Å². The Bertz CT molecular complexity index is 380. The molecule has 0 radical (unpaired) electrons. The zero-order valence-corrected chi connectivity index (χ0v) is 11.7. The third-order valence-corrected chi connectivity index (χ3v) is 4.16. The quantitative estimate of drug-likeness (QED) is 0.889. The molecule has 1 amide bonds. The van der Waals surface area contributed by atoms with Crippen molar-refractivity contribution in [2.45, 2.75) is 25.4 Å². The molecule has 0 aromatic carbocycles. The van der Waals surface area contributed by atoms with Gasteiger partial charge in [-0.3, -0.25) is 9.69 Å². The monoisotopic (exact) mass is 267 g/mol. The summed E-state index contributed by atoms with van der Waals surface area (Å²) in [6, 6.07) is 4.31. The van der Waals surface area contributed by atoms with E-state index in [1.807, 2.05) is 18.5 Å². The number of hydrogen-bond acceptors (Lipinski definition) is 4. The van der Waals surface area contributed by atoms with Crippen LogP contribution in [0.4, 0.5) is 0 Å². The summed E-state index contributed by atoms with van der Waals surface area (Å²) in [5.74, 6) is 0.178. The van der Waals surface area contributed by atoms with Gasteiger partial charge >= 0.3 is 0 Å². The molecular weight excluding hydrogens is 246 g/mol. The Kier molecular flexibility index (Phi) is 4.74. The van der Waals surface area contributed by atoms with Crippen LogP contribution in [0, 0.1) is 0 Å². The molecule has 1 atom stereocenters. The van der Waals surface area contributed by atoms with E-state index in [-0.39, 0.29) is 11.9 Å². The van der Waals surface area contributed by atoms with Crippen LogP contribution in [0.1, 0.15) is 17.7 Å².